The van der Waals surface area contributed by atoms with Gasteiger partial charge in [-0.2, -0.15) is 0 Å². The topological polar surface area (TPSA) is 125 Å². The molecule has 212 valence electrons. The molecule has 2 atom stereocenters. The number of hydrogen-bond acceptors (Lipinski definition) is 5. The average molecular weight is 566 g/mol. The maximum absolute atomic E-state index is 13.4. The van der Waals surface area contributed by atoms with Crippen molar-refractivity contribution in [1.82, 2.24) is 10.2 Å². The van der Waals surface area contributed by atoms with E-state index in [0.29, 0.717) is 41.2 Å². The van der Waals surface area contributed by atoms with Crippen LogP contribution in [0.3, 0.4) is 0 Å². The van der Waals surface area contributed by atoms with Crippen molar-refractivity contribution in [2.75, 3.05) is 26.2 Å². The van der Waals surface area contributed by atoms with Crippen LogP contribution >= 0.6 is 11.6 Å². The van der Waals surface area contributed by atoms with Gasteiger partial charge in [-0.15, -0.1) is 0 Å². The summed E-state index contributed by atoms with van der Waals surface area (Å²) >= 11 is 6.78. The summed E-state index contributed by atoms with van der Waals surface area (Å²) in [6, 6.07) is 20.6. The lowest BCUT2D eigenvalue weighted by atomic mass is 9.79. The van der Waals surface area contributed by atoms with E-state index in [1.165, 1.54) is 0 Å². The molecule has 2 amide bonds. The average Bonchev–Trinajstić information content (AvgIpc) is 2.98. The number of nitrogens with two attached hydrogens (primary N) is 1. The zero-order valence-corrected chi connectivity index (χ0v) is 23.4. The molecular formula is C31H36ClN3O5. The number of ether oxygens (including phenoxy) is 1. The minimum absolute atomic E-state index is 0.154. The van der Waals surface area contributed by atoms with Crippen molar-refractivity contribution in [3.8, 4) is 11.1 Å². The van der Waals surface area contributed by atoms with Gasteiger partial charge < -0.3 is 30.9 Å². The van der Waals surface area contributed by atoms with Crippen molar-refractivity contribution in [2.45, 2.75) is 44.4 Å². The van der Waals surface area contributed by atoms with Crippen molar-refractivity contribution in [3.63, 3.8) is 0 Å². The molecule has 1 heterocycles. The third-order valence-corrected chi connectivity index (χ3v) is 7.75. The number of nitrogens with zero attached hydrogens (tertiary/aromatic N) is 1. The second-order valence-electron chi connectivity index (χ2n) is 9.99. The van der Waals surface area contributed by atoms with Crippen LogP contribution in [0.1, 0.15) is 46.8 Å². The first-order chi connectivity index (χ1) is 19.3. The van der Waals surface area contributed by atoms with Crippen molar-refractivity contribution in [1.29, 1.82) is 0 Å². The van der Waals surface area contributed by atoms with Crippen LogP contribution in [0, 0.1) is 0 Å². The Morgan fingerprint density at radius 3 is 2.58 bits per heavy atom. The monoisotopic (exact) mass is 565 g/mol. The van der Waals surface area contributed by atoms with Crippen molar-refractivity contribution >= 4 is 23.6 Å². The Bertz CT molecular complexity index is 1330. The number of halogens is 1. The second-order valence-corrected chi connectivity index (χ2v) is 10.4. The van der Waals surface area contributed by atoms with Crippen molar-refractivity contribution in [2.24, 2.45) is 5.73 Å². The summed E-state index contributed by atoms with van der Waals surface area (Å²) in [6.07, 6.45) is -0.530. The fraction of sp³-hybridized carbons (Fsp3) is 0.355. The molecular weight excluding hydrogens is 530 g/mol. The molecule has 1 aliphatic heterocycles. The van der Waals surface area contributed by atoms with E-state index in [0.717, 1.165) is 23.1 Å². The summed E-state index contributed by atoms with van der Waals surface area (Å²) in [6.45, 7) is 3.40. The molecule has 3 aromatic rings. The number of nitrogens with one attached hydrogen (secondary N) is 1. The summed E-state index contributed by atoms with van der Waals surface area (Å²) in [5.41, 5.74) is 8.87. The highest BCUT2D eigenvalue weighted by atomic mass is 35.5. The van der Waals surface area contributed by atoms with E-state index >= 15 is 0 Å². The first kappa shape index (κ1) is 29.6. The van der Waals surface area contributed by atoms with E-state index in [-0.39, 0.29) is 32.0 Å². The number of hydrogen-bond donors (Lipinski definition) is 4. The number of aryl methyl sites for hydroxylation is 1. The van der Waals surface area contributed by atoms with Crippen LogP contribution in [-0.4, -0.2) is 59.5 Å². The Hall–Kier alpha value is -3.43. The van der Waals surface area contributed by atoms with Crippen LogP contribution in [0.25, 0.3) is 11.1 Å². The van der Waals surface area contributed by atoms with Gasteiger partial charge >= 0.3 is 6.09 Å². The molecule has 0 spiro atoms. The minimum Gasteiger partial charge on any atom is -0.465 e. The van der Waals surface area contributed by atoms with Crippen LogP contribution in [0.4, 0.5) is 4.79 Å². The molecule has 3 aromatic carbocycles. The van der Waals surface area contributed by atoms with E-state index < -0.39 is 17.8 Å². The van der Waals surface area contributed by atoms with Gasteiger partial charge in [-0.1, -0.05) is 67.1 Å². The van der Waals surface area contributed by atoms with Gasteiger partial charge in [0.25, 0.3) is 5.91 Å². The molecule has 4 rings (SSSR count). The van der Waals surface area contributed by atoms with E-state index in [2.05, 4.69) is 18.3 Å². The molecule has 5 N–H and O–H groups in total. The molecule has 0 aliphatic carbocycles. The summed E-state index contributed by atoms with van der Waals surface area (Å²) in [4.78, 5) is 26.2. The number of amides is 2. The normalized spacial score (nSPS) is 16.8. The maximum atomic E-state index is 13.4. The van der Waals surface area contributed by atoms with Gasteiger partial charge in [0.05, 0.1) is 13.2 Å². The molecule has 40 heavy (non-hydrogen) atoms. The summed E-state index contributed by atoms with van der Waals surface area (Å²) < 4.78 is 6.16. The smallest absolute Gasteiger partial charge is 0.404 e. The number of benzene rings is 3. The van der Waals surface area contributed by atoms with Gasteiger partial charge in [0.1, 0.15) is 11.7 Å². The Kier molecular flexibility index (Phi) is 9.81. The van der Waals surface area contributed by atoms with E-state index in [9.17, 15) is 14.7 Å². The second kappa shape index (κ2) is 13.3. The Morgan fingerprint density at radius 1 is 1.12 bits per heavy atom. The van der Waals surface area contributed by atoms with Crippen LogP contribution in [0.15, 0.2) is 66.7 Å². The lowest BCUT2D eigenvalue weighted by molar-refractivity contribution is -0.146. The van der Waals surface area contributed by atoms with Crippen LogP contribution in [-0.2, 0) is 23.3 Å². The summed E-state index contributed by atoms with van der Waals surface area (Å²) in [7, 11) is 0. The molecule has 1 saturated heterocycles. The van der Waals surface area contributed by atoms with Crippen LogP contribution < -0.4 is 11.1 Å². The summed E-state index contributed by atoms with van der Waals surface area (Å²) in [5, 5.41) is 24.4. The number of aliphatic hydroxyl groups is 1. The fourth-order valence-electron chi connectivity index (χ4n) is 5.24. The van der Waals surface area contributed by atoms with E-state index in [1.54, 1.807) is 29.2 Å². The lowest BCUT2D eigenvalue weighted by Crippen LogP contribution is -2.54. The Morgan fingerprint density at radius 2 is 1.88 bits per heavy atom. The van der Waals surface area contributed by atoms with Crippen LogP contribution in [0.5, 0.6) is 0 Å². The fourth-order valence-corrected chi connectivity index (χ4v) is 5.52. The number of rotatable bonds is 10. The van der Waals surface area contributed by atoms with Gasteiger partial charge in [0, 0.05) is 35.8 Å². The highest BCUT2D eigenvalue weighted by Gasteiger charge is 2.44. The zero-order chi connectivity index (χ0) is 28.7. The number of carbonyl (C=O) groups excluding carboxylic acids is 1. The molecule has 8 nitrogen and oxygen atoms in total. The Labute approximate surface area is 239 Å². The van der Waals surface area contributed by atoms with E-state index in [4.69, 9.17) is 27.2 Å². The Balaban J connectivity index is 1.71. The van der Waals surface area contributed by atoms with Gasteiger partial charge in [-0.3, -0.25) is 4.79 Å². The predicted octanol–water partition coefficient (Wildman–Crippen LogP) is 4.80. The standard InChI is InChI=1S/C31H36ClN3O5/c1-2-21-6-3-7-24(18-21)28-25(8-4-9-26(28)32)31(39,14-5-15-34-30(37)38)27-20-35(16-17-40-27)29(36)23-12-10-22(19-33)11-13-23/h3-4,6-13,18,27,34,39H,2,5,14-17,19-20,33H2,1H3,(H,37,38)/t27-,31-/m1/s1. The minimum atomic E-state index is -1.56. The number of morpholine rings is 1. The maximum Gasteiger partial charge on any atom is 0.404 e. The molecule has 0 saturated carbocycles. The molecule has 0 radical (unpaired) electrons. The van der Waals surface area contributed by atoms with Crippen molar-refractivity contribution in [3.05, 3.63) is 94.0 Å². The predicted molar refractivity (Wildman–Crippen MR) is 155 cm³/mol. The van der Waals surface area contributed by atoms with Crippen LogP contribution in [0.2, 0.25) is 5.02 Å². The first-order valence-corrected chi connectivity index (χ1v) is 13.9. The molecule has 9 heteroatoms. The lowest BCUT2D eigenvalue weighted by Gasteiger charge is -2.43. The number of carboxylic acid groups (broad SMARTS) is 1. The van der Waals surface area contributed by atoms with Gasteiger partial charge in [-0.05, 0) is 59.7 Å². The quantitative estimate of drug-likeness (QED) is 0.262. The largest absolute Gasteiger partial charge is 0.465 e. The van der Waals surface area contributed by atoms with Gasteiger partial charge in [0.2, 0.25) is 0 Å². The SMILES string of the molecule is CCc1cccc(-c2c(Cl)cccc2[C@](O)(CCCNC(=O)O)[C@H]2CN(C(=O)c3ccc(CN)cc3)CCO2)c1. The number of carbonyl (C=O) groups is 2. The molecule has 0 bridgehead atoms. The molecule has 1 fully saturated rings. The first-order valence-electron chi connectivity index (χ1n) is 13.5. The third kappa shape index (κ3) is 6.64. The highest BCUT2D eigenvalue weighted by Crippen LogP contribution is 2.43. The summed E-state index contributed by atoms with van der Waals surface area (Å²) in [5.74, 6) is -0.159. The van der Waals surface area contributed by atoms with Gasteiger partial charge in [0.15, 0.2) is 0 Å². The zero-order valence-electron chi connectivity index (χ0n) is 22.6. The third-order valence-electron chi connectivity index (χ3n) is 7.44. The molecule has 0 aromatic heterocycles. The van der Waals surface area contributed by atoms with Crippen molar-refractivity contribution < 1.29 is 24.5 Å². The molecule has 1 aliphatic rings. The highest BCUT2D eigenvalue weighted by molar-refractivity contribution is 6.33. The van der Waals surface area contributed by atoms with E-state index in [1.807, 2.05) is 36.4 Å². The van der Waals surface area contributed by atoms with Gasteiger partial charge in [-0.25, -0.2) is 4.79 Å². The molecule has 0 unspecified atom stereocenters.